The van der Waals surface area contributed by atoms with Crippen molar-refractivity contribution in [3.05, 3.63) is 41.0 Å². The number of likely N-dealkylation sites (N-methyl/N-ethyl adjacent to an activating group) is 1. The molecule has 1 fully saturated rings. The van der Waals surface area contributed by atoms with E-state index in [4.69, 9.17) is 0 Å². The molecule has 1 N–H and O–H groups in total. The summed E-state index contributed by atoms with van der Waals surface area (Å²) in [6.45, 7) is 6.34. The van der Waals surface area contributed by atoms with Crippen LogP contribution < -0.4 is 5.32 Å². The molecule has 1 aromatic carbocycles. The lowest BCUT2D eigenvalue weighted by molar-refractivity contribution is 0.778. The lowest BCUT2D eigenvalue weighted by Gasteiger charge is -2.03. The first-order valence-electron chi connectivity index (χ1n) is 6.27. The molecule has 0 saturated heterocycles. The van der Waals surface area contributed by atoms with E-state index in [1.807, 2.05) is 0 Å². The van der Waals surface area contributed by atoms with Gasteiger partial charge >= 0.3 is 0 Å². The zero-order chi connectivity index (χ0) is 11.4. The van der Waals surface area contributed by atoms with Crippen LogP contribution in [0.3, 0.4) is 0 Å². The molecule has 0 unspecified atom stereocenters. The van der Waals surface area contributed by atoms with Gasteiger partial charge in [0.15, 0.2) is 0 Å². The van der Waals surface area contributed by atoms with Crippen LogP contribution in [0.25, 0.3) is 6.08 Å². The molecule has 0 bridgehead atoms. The zero-order valence-electron chi connectivity index (χ0n) is 10.3. The molecule has 1 nitrogen and oxygen atoms in total. The number of rotatable bonds is 5. The molecule has 0 heterocycles. The highest BCUT2D eigenvalue weighted by atomic mass is 14.8. The van der Waals surface area contributed by atoms with E-state index >= 15 is 0 Å². The summed E-state index contributed by atoms with van der Waals surface area (Å²) in [6.07, 6.45) is 5.03. The molecular formula is C15H21N. The Morgan fingerprint density at radius 1 is 1.31 bits per heavy atom. The van der Waals surface area contributed by atoms with Crippen LogP contribution in [0.5, 0.6) is 0 Å². The van der Waals surface area contributed by atoms with Gasteiger partial charge in [0.1, 0.15) is 0 Å². The molecular weight excluding hydrogens is 194 g/mol. The monoisotopic (exact) mass is 215 g/mol. The molecule has 0 aromatic heterocycles. The van der Waals surface area contributed by atoms with Crippen LogP contribution in [0.15, 0.2) is 29.8 Å². The van der Waals surface area contributed by atoms with E-state index in [-0.39, 0.29) is 0 Å². The van der Waals surface area contributed by atoms with Gasteiger partial charge in [-0.3, -0.25) is 0 Å². The molecule has 86 valence electrons. The SMILES string of the molecule is CCNCC(C)=Cc1ccc(C2CC2)cc1. The number of benzene rings is 1. The van der Waals surface area contributed by atoms with E-state index in [0.29, 0.717) is 0 Å². The Bertz CT molecular complexity index is 358. The molecule has 1 aliphatic rings. The molecule has 1 saturated carbocycles. The van der Waals surface area contributed by atoms with Crippen molar-refractivity contribution in [1.82, 2.24) is 5.32 Å². The molecule has 0 radical (unpaired) electrons. The molecule has 0 atom stereocenters. The topological polar surface area (TPSA) is 12.0 Å². The van der Waals surface area contributed by atoms with Gasteiger partial charge in [0.05, 0.1) is 0 Å². The lowest BCUT2D eigenvalue weighted by atomic mass is 10.1. The number of nitrogens with one attached hydrogen (secondary N) is 1. The Hall–Kier alpha value is -1.08. The normalized spacial score (nSPS) is 16.5. The average Bonchev–Trinajstić information content (AvgIpc) is 3.11. The summed E-state index contributed by atoms with van der Waals surface area (Å²) in [5.41, 5.74) is 4.22. The van der Waals surface area contributed by atoms with E-state index < -0.39 is 0 Å². The highest BCUT2D eigenvalue weighted by Gasteiger charge is 2.22. The van der Waals surface area contributed by atoms with E-state index in [2.05, 4.69) is 49.5 Å². The van der Waals surface area contributed by atoms with Crippen LogP contribution in [-0.2, 0) is 0 Å². The summed E-state index contributed by atoms with van der Waals surface area (Å²) < 4.78 is 0. The van der Waals surface area contributed by atoms with Crippen molar-refractivity contribution in [3.8, 4) is 0 Å². The second-order valence-electron chi connectivity index (χ2n) is 4.71. The smallest absolute Gasteiger partial charge is 0.0165 e. The average molecular weight is 215 g/mol. The summed E-state index contributed by atoms with van der Waals surface area (Å²) >= 11 is 0. The van der Waals surface area contributed by atoms with Crippen LogP contribution in [0.1, 0.15) is 43.7 Å². The van der Waals surface area contributed by atoms with Crippen molar-refractivity contribution in [2.24, 2.45) is 0 Å². The van der Waals surface area contributed by atoms with Crippen molar-refractivity contribution in [2.45, 2.75) is 32.6 Å². The van der Waals surface area contributed by atoms with Gasteiger partial charge in [-0.15, -0.1) is 0 Å². The molecule has 0 amide bonds. The summed E-state index contributed by atoms with van der Waals surface area (Å²) in [5.74, 6) is 0.862. The van der Waals surface area contributed by atoms with Crippen LogP contribution in [-0.4, -0.2) is 13.1 Å². The first kappa shape index (κ1) is 11.4. The third-order valence-corrected chi connectivity index (χ3v) is 3.05. The fraction of sp³-hybridized carbons (Fsp3) is 0.467. The van der Waals surface area contributed by atoms with Crippen molar-refractivity contribution in [3.63, 3.8) is 0 Å². The largest absolute Gasteiger partial charge is 0.313 e. The maximum Gasteiger partial charge on any atom is 0.0165 e. The highest BCUT2D eigenvalue weighted by Crippen LogP contribution is 2.39. The Balaban J connectivity index is 1.97. The summed E-state index contributed by atoms with van der Waals surface area (Å²) in [7, 11) is 0. The molecule has 0 aliphatic heterocycles. The van der Waals surface area contributed by atoms with Gasteiger partial charge in [0, 0.05) is 6.54 Å². The van der Waals surface area contributed by atoms with Crippen molar-refractivity contribution in [2.75, 3.05) is 13.1 Å². The number of hydrogen-bond donors (Lipinski definition) is 1. The van der Waals surface area contributed by atoms with Gasteiger partial charge in [0.2, 0.25) is 0 Å². The lowest BCUT2D eigenvalue weighted by Crippen LogP contribution is -2.14. The first-order valence-corrected chi connectivity index (χ1v) is 6.27. The van der Waals surface area contributed by atoms with Gasteiger partial charge in [-0.1, -0.05) is 42.8 Å². The van der Waals surface area contributed by atoms with Crippen molar-refractivity contribution >= 4 is 6.08 Å². The molecule has 1 aliphatic carbocycles. The minimum atomic E-state index is 0.862. The summed E-state index contributed by atoms with van der Waals surface area (Å²) in [5, 5.41) is 3.34. The second kappa shape index (κ2) is 5.31. The maximum atomic E-state index is 3.34. The molecule has 16 heavy (non-hydrogen) atoms. The van der Waals surface area contributed by atoms with E-state index in [1.165, 1.54) is 29.5 Å². The Labute approximate surface area is 98.6 Å². The third-order valence-electron chi connectivity index (χ3n) is 3.05. The Kier molecular flexibility index (Phi) is 3.79. The van der Waals surface area contributed by atoms with E-state index in [9.17, 15) is 0 Å². The summed E-state index contributed by atoms with van der Waals surface area (Å²) in [4.78, 5) is 0. The highest BCUT2D eigenvalue weighted by molar-refractivity contribution is 5.53. The third kappa shape index (κ3) is 3.21. The predicted octanol–water partition coefficient (Wildman–Crippen LogP) is 3.58. The molecule has 1 aromatic rings. The Morgan fingerprint density at radius 2 is 2.00 bits per heavy atom. The fourth-order valence-corrected chi connectivity index (χ4v) is 1.94. The van der Waals surface area contributed by atoms with Crippen LogP contribution >= 0.6 is 0 Å². The van der Waals surface area contributed by atoms with Crippen LogP contribution in [0.2, 0.25) is 0 Å². The van der Waals surface area contributed by atoms with Crippen LogP contribution in [0, 0.1) is 0 Å². The van der Waals surface area contributed by atoms with Gasteiger partial charge in [-0.05, 0) is 43.4 Å². The quantitative estimate of drug-likeness (QED) is 0.791. The maximum absolute atomic E-state index is 3.34. The summed E-state index contributed by atoms with van der Waals surface area (Å²) in [6, 6.07) is 9.04. The Morgan fingerprint density at radius 3 is 2.56 bits per heavy atom. The predicted molar refractivity (Wildman–Crippen MR) is 70.6 cm³/mol. The van der Waals surface area contributed by atoms with Crippen molar-refractivity contribution in [1.29, 1.82) is 0 Å². The van der Waals surface area contributed by atoms with Gasteiger partial charge in [-0.25, -0.2) is 0 Å². The minimum absolute atomic E-state index is 0.862. The van der Waals surface area contributed by atoms with Crippen LogP contribution in [0.4, 0.5) is 0 Å². The molecule has 2 rings (SSSR count). The first-order chi connectivity index (χ1) is 7.79. The fourth-order valence-electron chi connectivity index (χ4n) is 1.94. The number of hydrogen-bond acceptors (Lipinski definition) is 1. The van der Waals surface area contributed by atoms with Gasteiger partial charge in [0.25, 0.3) is 0 Å². The van der Waals surface area contributed by atoms with Crippen molar-refractivity contribution < 1.29 is 0 Å². The molecule has 0 spiro atoms. The molecule has 1 heteroatoms. The minimum Gasteiger partial charge on any atom is -0.313 e. The van der Waals surface area contributed by atoms with E-state index in [0.717, 1.165) is 19.0 Å². The van der Waals surface area contributed by atoms with Gasteiger partial charge in [-0.2, -0.15) is 0 Å². The van der Waals surface area contributed by atoms with E-state index in [1.54, 1.807) is 0 Å². The van der Waals surface area contributed by atoms with Gasteiger partial charge < -0.3 is 5.32 Å². The zero-order valence-corrected chi connectivity index (χ0v) is 10.3. The second-order valence-corrected chi connectivity index (χ2v) is 4.71. The standard InChI is InChI=1S/C15H21N/c1-3-16-11-12(2)10-13-4-6-14(7-5-13)15-8-9-15/h4-7,10,15-16H,3,8-9,11H2,1-2H3.